The van der Waals surface area contributed by atoms with E-state index in [0.717, 1.165) is 0 Å². The molecule has 1 saturated heterocycles. The molecule has 0 saturated carbocycles. The Morgan fingerprint density at radius 2 is 2.14 bits per heavy atom. The first-order valence-corrected chi connectivity index (χ1v) is 4.11. The first kappa shape index (κ1) is 10.7. The van der Waals surface area contributed by atoms with Crippen LogP contribution >= 0.6 is 0 Å². The molecule has 1 aliphatic heterocycles. The van der Waals surface area contributed by atoms with Gasteiger partial charge in [0.05, 0.1) is 0 Å². The summed E-state index contributed by atoms with van der Waals surface area (Å²) in [5, 5.41) is 0. The number of alkyl halides is 1. The number of carbonyl (C=O) groups excluding carboxylic acids is 2. The summed E-state index contributed by atoms with van der Waals surface area (Å²) < 4.78 is 25.4. The average molecular weight is 206 g/mol. The van der Waals surface area contributed by atoms with Crippen molar-refractivity contribution in [1.29, 1.82) is 0 Å². The van der Waals surface area contributed by atoms with Gasteiger partial charge in [-0.15, -0.1) is 0 Å². The van der Waals surface area contributed by atoms with E-state index in [0.29, 0.717) is 0 Å². The van der Waals surface area contributed by atoms with Gasteiger partial charge in [0.25, 0.3) is 0 Å². The third-order valence-electron chi connectivity index (χ3n) is 1.82. The van der Waals surface area contributed by atoms with Gasteiger partial charge in [-0.3, -0.25) is 4.79 Å². The van der Waals surface area contributed by atoms with Gasteiger partial charge in [0.15, 0.2) is 0 Å². The Kier molecular flexibility index (Phi) is 3.27. The van der Waals surface area contributed by atoms with Crippen LogP contribution in [-0.2, 0) is 19.0 Å². The minimum absolute atomic E-state index is 0.100. The predicted molar refractivity (Wildman–Crippen MR) is 42.3 cm³/mol. The van der Waals surface area contributed by atoms with Gasteiger partial charge in [0, 0.05) is 0 Å². The third kappa shape index (κ3) is 2.34. The Morgan fingerprint density at radius 1 is 1.57 bits per heavy atom. The van der Waals surface area contributed by atoms with Crippen LogP contribution in [0.3, 0.4) is 0 Å². The SMILES string of the molecule is CC1(C(=O)OCCF)COC(=O)OC1. The topological polar surface area (TPSA) is 61.8 Å². The molecule has 0 aromatic heterocycles. The first-order valence-electron chi connectivity index (χ1n) is 4.11. The Morgan fingerprint density at radius 3 is 2.64 bits per heavy atom. The standard InChI is InChI=1S/C8H11FO5/c1-8(6(10)12-3-2-9)4-13-7(11)14-5-8/h2-5H2,1H3. The van der Waals surface area contributed by atoms with Crippen LogP contribution < -0.4 is 0 Å². The molecule has 0 amide bonds. The van der Waals surface area contributed by atoms with Crippen molar-refractivity contribution in [3.8, 4) is 0 Å². The van der Waals surface area contributed by atoms with Crippen LogP contribution in [0.25, 0.3) is 0 Å². The smallest absolute Gasteiger partial charge is 0.462 e. The van der Waals surface area contributed by atoms with Crippen molar-refractivity contribution in [2.75, 3.05) is 26.5 Å². The minimum Gasteiger partial charge on any atom is -0.462 e. The molecule has 0 radical (unpaired) electrons. The molecule has 80 valence electrons. The number of halogens is 1. The molecule has 6 heteroatoms. The van der Waals surface area contributed by atoms with Crippen molar-refractivity contribution in [2.45, 2.75) is 6.92 Å². The predicted octanol–water partition coefficient (Wildman–Crippen LogP) is 0.672. The van der Waals surface area contributed by atoms with Gasteiger partial charge in [0.2, 0.25) is 0 Å². The van der Waals surface area contributed by atoms with E-state index in [2.05, 4.69) is 14.2 Å². The average Bonchev–Trinajstić information content (AvgIpc) is 2.19. The van der Waals surface area contributed by atoms with E-state index in [1.54, 1.807) is 0 Å². The molecule has 0 N–H and O–H groups in total. The Labute approximate surface area is 80.1 Å². The Balaban J connectivity index is 2.48. The van der Waals surface area contributed by atoms with Crippen molar-refractivity contribution < 1.29 is 28.2 Å². The maximum Gasteiger partial charge on any atom is 0.508 e. The molecule has 1 fully saturated rings. The molecule has 0 aromatic rings. The summed E-state index contributed by atoms with van der Waals surface area (Å²) in [6.45, 7) is 0.304. The van der Waals surface area contributed by atoms with Gasteiger partial charge < -0.3 is 14.2 Å². The highest BCUT2D eigenvalue weighted by Gasteiger charge is 2.41. The van der Waals surface area contributed by atoms with Crippen molar-refractivity contribution in [1.82, 2.24) is 0 Å². The second kappa shape index (κ2) is 4.26. The summed E-state index contributed by atoms with van der Waals surface area (Å²) in [4.78, 5) is 21.9. The molecule has 0 aromatic carbocycles. The second-order valence-electron chi connectivity index (χ2n) is 3.21. The Hall–Kier alpha value is -1.33. The Bertz CT molecular complexity index is 230. The summed E-state index contributed by atoms with van der Waals surface area (Å²) in [6.07, 6.45) is -0.805. The lowest BCUT2D eigenvalue weighted by Gasteiger charge is -2.29. The molecule has 1 rings (SSSR count). The van der Waals surface area contributed by atoms with Crippen LogP contribution in [-0.4, -0.2) is 38.6 Å². The molecule has 0 unspecified atom stereocenters. The lowest BCUT2D eigenvalue weighted by atomic mass is 9.93. The molecule has 0 bridgehead atoms. The molecular weight excluding hydrogens is 195 g/mol. The van der Waals surface area contributed by atoms with Crippen molar-refractivity contribution in [3.63, 3.8) is 0 Å². The highest BCUT2D eigenvalue weighted by atomic mass is 19.1. The summed E-state index contributed by atoms with van der Waals surface area (Å²) in [5.74, 6) is -0.623. The molecule has 1 heterocycles. The summed E-state index contributed by atoms with van der Waals surface area (Å²) in [6, 6.07) is 0. The number of carbonyl (C=O) groups is 2. The van der Waals surface area contributed by atoms with Gasteiger partial charge in [-0.25, -0.2) is 9.18 Å². The van der Waals surface area contributed by atoms with Crippen LogP contribution in [0.1, 0.15) is 6.92 Å². The molecule has 1 aliphatic rings. The normalized spacial score (nSPS) is 19.4. The number of hydrogen-bond donors (Lipinski definition) is 0. The van der Waals surface area contributed by atoms with E-state index in [4.69, 9.17) is 0 Å². The minimum atomic E-state index is -1.02. The number of ether oxygens (including phenoxy) is 3. The number of rotatable bonds is 3. The fraction of sp³-hybridized carbons (Fsp3) is 0.750. The van der Waals surface area contributed by atoms with E-state index in [1.807, 2.05) is 0 Å². The van der Waals surface area contributed by atoms with Crippen LogP contribution in [0.5, 0.6) is 0 Å². The summed E-state index contributed by atoms with van der Waals surface area (Å²) in [5.41, 5.74) is -1.02. The summed E-state index contributed by atoms with van der Waals surface area (Å²) >= 11 is 0. The fourth-order valence-electron chi connectivity index (χ4n) is 0.943. The quantitative estimate of drug-likeness (QED) is 0.635. The number of esters is 1. The zero-order valence-corrected chi connectivity index (χ0v) is 7.75. The van der Waals surface area contributed by atoms with Gasteiger partial charge in [-0.1, -0.05) is 0 Å². The lowest BCUT2D eigenvalue weighted by Crippen LogP contribution is -2.44. The van der Waals surface area contributed by atoms with Crippen molar-refractivity contribution in [2.24, 2.45) is 5.41 Å². The molecule has 0 aliphatic carbocycles. The van der Waals surface area contributed by atoms with Crippen LogP contribution in [0.15, 0.2) is 0 Å². The van der Waals surface area contributed by atoms with E-state index >= 15 is 0 Å². The third-order valence-corrected chi connectivity index (χ3v) is 1.82. The second-order valence-corrected chi connectivity index (χ2v) is 3.21. The maximum atomic E-state index is 11.7. The maximum absolute atomic E-state index is 11.7. The largest absolute Gasteiger partial charge is 0.508 e. The molecular formula is C8H11FO5. The molecule has 0 spiro atoms. The first-order chi connectivity index (χ1) is 6.58. The van der Waals surface area contributed by atoms with E-state index in [1.165, 1.54) is 6.92 Å². The van der Waals surface area contributed by atoms with E-state index in [9.17, 15) is 14.0 Å². The van der Waals surface area contributed by atoms with Gasteiger partial charge in [0.1, 0.15) is 31.9 Å². The number of hydrogen-bond acceptors (Lipinski definition) is 5. The van der Waals surface area contributed by atoms with Crippen molar-refractivity contribution >= 4 is 12.1 Å². The van der Waals surface area contributed by atoms with Gasteiger partial charge in [-0.05, 0) is 6.92 Å². The monoisotopic (exact) mass is 206 g/mol. The van der Waals surface area contributed by atoms with E-state index in [-0.39, 0.29) is 19.8 Å². The van der Waals surface area contributed by atoms with Crippen LogP contribution in [0, 0.1) is 5.41 Å². The van der Waals surface area contributed by atoms with Gasteiger partial charge in [-0.2, -0.15) is 0 Å². The van der Waals surface area contributed by atoms with Crippen molar-refractivity contribution in [3.05, 3.63) is 0 Å². The molecule has 5 nitrogen and oxygen atoms in total. The zero-order valence-electron chi connectivity index (χ0n) is 7.75. The summed E-state index contributed by atoms with van der Waals surface area (Å²) in [7, 11) is 0. The fourth-order valence-corrected chi connectivity index (χ4v) is 0.943. The highest BCUT2D eigenvalue weighted by Crippen LogP contribution is 2.23. The molecule has 0 atom stereocenters. The number of cyclic esters (lactones) is 2. The lowest BCUT2D eigenvalue weighted by molar-refractivity contribution is -0.166. The van der Waals surface area contributed by atoms with E-state index < -0.39 is 24.2 Å². The van der Waals surface area contributed by atoms with Gasteiger partial charge >= 0.3 is 12.1 Å². The van der Waals surface area contributed by atoms with Crippen LogP contribution in [0.2, 0.25) is 0 Å². The highest BCUT2D eigenvalue weighted by molar-refractivity contribution is 5.78. The van der Waals surface area contributed by atoms with Crippen LogP contribution in [0.4, 0.5) is 9.18 Å². The molecule has 14 heavy (non-hydrogen) atoms. The zero-order chi connectivity index (χ0) is 10.6.